The Hall–Kier alpha value is -7.20. The Balaban J connectivity index is 0.804. The number of benzene rings is 2. The maximum Gasteiger partial charge on any atom is 0.269 e. The second-order valence-electron chi connectivity index (χ2n) is 20.7. The summed E-state index contributed by atoms with van der Waals surface area (Å²) in [5, 5.41) is 61.2. The maximum absolute atomic E-state index is 14.2. The van der Waals surface area contributed by atoms with Gasteiger partial charge in [0.1, 0.15) is 52.8 Å². The van der Waals surface area contributed by atoms with Crippen molar-refractivity contribution in [3.63, 3.8) is 0 Å². The minimum absolute atomic E-state index is 0.0666. The van der Waals surface area contributed by atoms with Crippen LogP contribution in [0.5, 0.6) is 17.2 Å². The summed E-state index contributed by atoms with van der Waals surface area (Å²) in [6.45, 7) is 6.60. The van der Waals surface area contributed by atoms with Crippen molar-refractivity contribution in [2.24, 2.45) is 0 Å². The smallest absolute Gasteiger partial charge is 0.269 e. The highest BCUT2D eigenvalue weighted by Gasteiger charge is 2.55. The molecule has 27 nitrogen and oxygen atoms in total. The van der Waals surface area contributed by atoms with Crippen LogP contribution in [0.25, 0.3) is 0 Å². The van der Waals surface area contributed by atoms with Crippen LogP contribution < -0.4 is 36.6 Å². The van der Waals surface area contributed by atoms with Crippen LogP contribution >= 0.6 is 0 Å². The van der Waals surface area contributed by atoms with Gasteiger partial charge in [0.2, 0.25) is 23.5 Å². The number of hydrogen-bond donors (Lipinski definition) is 9. The molecule has 3 aliphatic heterocycles. The van der Waals surface area contributed by atoms with Crippen molar-refractivity contribution >= 4 is 50.9 Å². The van der Waals surface area contributed by atoms with Gasteiger partial charge < -0.3 is 75.6 Å². The molecule has 10 atom stereocenters. The number of fused-ring (bicyclic) bond motifs is 6. The SMILES string of the molecule is COc1cccc2c1C(=O)c1c(O)c3c(c(O)c1C2=O)C[C@@](O)(C(=O)NCCCNCCCNC(=O)[C@H](C)NC(=O)[C@H](C)NC(=O)CCNC(=O)c1ccc(C#N)c(S(C)(=O)=O)n1)C[C@@H]3O[C@H]1C[C@H]2[C@H](O[C@@H]3[C@@H](OC)OCCN32)[C@H](C)O1. The third-order valence-corrected chi connectivity index (χ3v) is 16.0. The van der Waals surface area contributed by atoms with Gasteiger partial charge in [-0.1, -0.05) is 12.1 Å². The normalized spacial score (nSPS) is 24.4. The number of sulfone groups is 1. The monoisotopic (exact) mass is 1160 g/mol. The summed E-state index contributed by atoms with van der Waals surface area (Å²) in [5.74, 6) is -6.14. The molecule has 0 bridgehead atoms. The summed E-state index contributed by atoms with van der Waals surface area (Å²) in [6, 6.07) is 6.18. The number of nitrogens with one attached hydrogen (secondary N) is 6. The fourth-order valence-corrected chi connectivity index (χ4v) is 11.7. The van der Waals surface area contributed by atoms with E-state index in [1.54, 1.807) is 6.07 Å². The van der Waals surface area contributed by atoms with E-state index in [1.165, 1.54) is 52.3 Å². The van der Waals surface area contributed by atoms with Crippen LogP contribution in [0.3, 0.4) is 0 Å². The molecule has 0 radical (unpaired) electrons. The summed E-state index contributed by atoms with van der Waals surface area (Å²) in [5.41, 5.74) is -4.11. The summed E-state index contributed by atoms with van der Waals surface area (Å²) in [6.07, 6.45) is -3.73. The Bertz CT molecular complexity index is 3170. The molecule has 442 valence electrons. The molecule has 3 aromatic rings. The molecule has 8 rings (SSSR count). The third kappa shape index (κ3) is 12.7. The molecule has 28 heteroatoms. The Morgan fingerprint density at radius 3 is 2.30 bits per heavy atom. The second kappa shape index (κ2) is 25.5. The number of nitriles is 1. The predicted octanol–water partition coefficient (Wildman–Crippen LogP) is -0.748. The van der Waals surface area contributed by atoms with Gasteiger partial charge in [-0.2, -0.15) is 5.26 Å². The van der Waals surface area contributed by atoms with Gasteiger partial charge in [-0.15, -0.1) is 0 Å². The highest BCUT2D eigenvalue weighted by molar-refractivity contribution is 7.90. The van der Waals surface area contributed by atoms with E-state index in [0.29, 0.717) is 39.1 Å². The number of carbonyl (C=O) groups excluding carboxylic acids is 7. The number of phenolic OH excluding ortho intramolecular Hbond substituents is 2. The van der Waals surface area contributed by atoms with Crippen LogP contribution in [0, 0.1) is 11.3 Å². The highest BCUT2D eigenvalue weighted by Crippen LogP contribution is 2.53. The molecule has 2 aliphatic carbocycles. The number of rotatable bonds is 22. The molecule has 4 heterocycles. The quantitative estimate of drug-likeness (QED) is 0.0345. The molecule has 0 saturated carbocycles. The van der Waals surface area contributed by atoms with Crippen LogP contribution in [-0.2, 0) is 59.1 Å². The van der Waals surface area contributed by atoms with Crippen molar-refractivity contribution in [3.05, 3.63) is 75.0 Å². The number of ether oxygens (including phenoxy) is 6. The van der Waals surface area contributed by atoms with Crippen molar-refractivity contribution in [1.29, 1.82) is 5.26 Å². The van der Waals surface area contributed by atoms with Crippen LogP contribution in [0.15, 0.2) is 35.4 Å². The Kier molecular flexibility index (Phi) is 18.9. The number of carbonyl (C=O) groups is 7. The molecule has 3 saturated heterocycles. The van der Waals surface area contributed by atoms with Gasteiger partial charge >= 0.3 is 0 Å². The lowest BCUT2D eigenvalue weighted by molar-refractivity contribution is -0.256. The number of aromatic hydroxyl groups is 2. The molecule has 9 N–H and O–H groups in total. The maximum atomic E-state index is 14.2. The first-order valence-electron chi connectivity index (χ1n) is 26.7. The molecule has 5 amide bonds. The fraction of sp³-hybridized carbons (Fsp3) is 0.537. The van der Waals surface area contributed by atoms with Crippen molar-refractivity contribution in [2.45, 2.75) is 125 Å². The number of methoxy groups -OCH3 is 2. The number of phenols is 2. The van der Waals surface area contributed by atoms with Crippen molar-refractivity contribution in [3.8, 4) is 23.3 Å². The third-order valence-electron chi connectivity index (χ3n) is 15.0. The zero-order valence-electron chi connectivity index (χ0n) is 46.0. The van der Waals surface area contributed by atoms with Crippen molar-refractivity contribution < 1.29 is 85.7 Å². The van der Waals surface area contributed by atoms with Crippen LogP contribution in [0.2, 0.25) is 0 Å². The molecule has 5 aliphatic rings. The standard InChI is InChI=1S/C54H67N9O18S/c1-26(61-48(70)27(2)60-36(64)14-19-58-49(71)32-13-12-29(25-55)50(62-32)82(6,74)75)47(69)57-17-8-15-56-16-9-18-59-53(72)54(73)23-31-39(45(68)41-40(43(31)66)42(65)30-10-7-11-34(76-4)38(30)44(41)67)35(24-54)80-37-22-33-46(28(3)79-37)81-51-52(77-5)78-21-20-63(33)51/h7,10-13,26-28,33,35,37,46,51-52,56,66,68,73H,8-9,14-24H2,1-6H3,(H,57,69)(H,58,71)(H,59,72)(H,60,64)(H,61,70)/t26-,27-,28-,33-,35-,37-,46+,51+,52-,54-/m0/s1. The van der Waals surface area contributed by atoms with Gasteiger partial charge in [-0.05, 0) is 64.9 Å². The molecule has 0 unspecified atom stereocenters. The molecule has 1 aromatic heterocycles. The Morgan fingerprint density at radius 2 is 1.61 bits per heavy atom. The number of nitrogens with zero attached hydrogens (tertiary/aromatic N) is 3. The Morgan fingerprint density at radius 1 is 0.902 bits per heavy atom. The minimum Gasteiger partial charge on any atom is -0.507 e. The Labute approximate surface area is 472 Å². The van der Waals surface area contributed by atoms with Gasteiger partial charge in [0.25, 0.3) is 11.8 Å². The summed E-state index contributed by atoms with van der Waals surface area (Å²) in [7, 11) is -1.05. The van der Waals surface area contributed by atoms with Gasteiger partial charge in [-0.3, -0.25) is 38.5 Å². The van der Waals surface area contributed by atoms with E-state index in [1.807, 2.05) is 6.92 Å². The summed E-state index contributed by atoms with van der Waals surface area (Å²) in [4.78, 5) is 98.9. The molecular formula is C54H67N9O18S. The van der Waals surface area contributed by atoms with Crippen molar-refractivity contribution in [1.82, 2.24) is 41.8 Å². The van der Waals surface area contributed by atoms with E-state index in [2.05, 4.69) is 41.8 Å². The van der Waals surface area contributed by atoms with E-state index in [9.17, 15) is 57.3 Å². The average molecular weight is 1160 g/mol. The average Bonchev–Trinajstić information content (AvgIpc) is 3.69. The van der Waals surface area contributed by atoms with E-state index >= 15 is 0 Å². The molecule has 82 heavy (non-hydrogen) atoms. The van der Waals surface area contributed by atoms with Crippen LogP contribution in [-0.4, -0.2) is 196 Å². The second-order valence-corrected chi connectivity index (χ2v) is 22.6. The largest absolute Gasteiger partial charge is 0.507 e. The number of amides is 5. The minimum atomic E-state index is -3.90. The highest BCUT2D eigenvalue weighted by atomic mass is 32.2. The van der Waals surface area contributed by atoms with Gasteiger partial charge in [0, 0.05) is 88.0 Å². The fourth-order valence-electron chi connectivity index (χ4n) is 10.9. The van der Waals surface area contributed by atoms with E-state index in [4.69, 9.17) is 33.7 Å². The molecule has 2 aromatic carbocycles. The first kappa shape index (κ1) is 60.9. The van der Waals surface area contributed by atoms with E-state index in [0.717, 1.165) is 12.3 Å². The number of hydrogen-bond acceptors (Lipinski definition) is 22. The predicted molar refractivity (Wildman–Crippen MR) is 284 cm³/mol. The van der Waals surface area contributed by atoms with Crippen molar-refractivity contribution in [2.75, 3.05) is 66.4 Å². The van der Waals surface area contributed by atoms with Crippen LogP contribution in [0.4, 0.5) is 0 Å². The number of aliphatic hydroxyl groups is 1. The number of aromatic nitrogens is 1. The van der Waals surface area contributed by atoms with Gasteiger partial charge in [-0.25, -0.2) is 13.4 Å². The van der Waals surface area contributed by atoms with Gasteiger partial charge in [0.05, 0.1) is 48.2 Å². The lowest BCUT2D eigenvalue weighted by Gasteiger charge is -2.43. The van der Waals surface area contributed by atoms with Crippen LogP contribution in [0.1, 0.15) is 118 Å². The van der Waals surface area contributed by atoms with E-state index < -0.39 is 146 Å². The zero-order chi connectivity index (χ0) is 59.4. The topological polar surface area (TPSA) is 382 Å². The van der Waals surface area contributed by atoms with E-state index in [-0.39, 0.29) is 77.8 Å². The lowest BCUT2D eigenvalue weighted by atomic mass is 9.72. The summed E-state index contributed by atoms with van der Waals surface area (Å²) < 4.78 is 60.0. The number of pyridine rings is 1. The lowest BCUT2D eigenvalue weighted by Crippen LogP contribution is -2.55. The number of morpholine rings is 1. The zero-order valence-corrected chi connectivity index (χ0v) is 46.8. The summed E-state index contributed by atoms with van der Waals surface area (Å²) >= 11 is 0. The molecule has 3 fully saturated rings. The first-order chi connectivity index (χ1) is 39.0. The molecule has 0 spiro atoms. The first-order valence-corrected chi connectivity index (χ1v) is 28.6. The van der Waals surface area contributed by atoms with Gasteiger partial charge in [0.15, 0.2) is 39.5 Å². The number of ketones is 2. The molecular weight excluding hydrogens is 1090 g/mol.